The van der Waals surface area contributed by atoms with E-state index in [2.05, 4.69) is 0 Å². The van der Waals surface area contributed by atoms with Gasteiger partial charge in [-0.05, 0) is 25.3 Å². The first-order valence-corrected chi connectivity index (χ1v) is 3.63. The summed E-state index contributed by atoms with van der Waals surface area (Å²) in [6.45, 7) is 0.917. The van der Waals surface area contributed by atoms with Crippen molar-refractivity contribution in [2.24, 2.45) is 11.7 Å². The fourth-order valence-electron chi connectivity index (χ4n) is 1.42. The summed E-state index contributed by atoms with van der Waals surface area (Å²) in [6.07, 6.45) is 7.05. The topological polar surface area (TPSA) is 26.0 Å². The van der Waals surface area contributed by atoms with Crippen LogP contribution in [0.1, 0.15) is 42.4 Å². The molecule has 0 aromatic carbocycles. The Morgan fingerprint density at radius 3 is 2.38 bits per heavy atom. The third kappa shape index (κ3) is 1.48. The predicted octanol–water partition coefficient (Wildman–Crippen LogP) is 2.51. The molecule has 1 rings (SSSR count). The van der Waals surface area contributed by atoms with E-state index in [-0.39, 0.29) is 1.43 Å². The van der Waals surface area contributed by atoms with Crippen molar-refractivity contribution in [2.75, 3.05) is 6.54 Å². The van der Waals surface area contributed by atoms with Gasteiger partial charge in [0.2, 0.25) is 0 Å². The SMILES string of the molecule is NCC1CCCCC1.[2HH].[2H][2H].[2H][2H].[2H][2H]. The molecule has 2 N–H and O–H groups in total. The predicted molar refractivity (Wildman–Crippen MR) is 44.1 cm³/mol. The Hall–Kier alpha value is -0.0400. The third-order valence-corrected chi connectivity index (χ3v) is 2.06. The van der Waals surface area contributed by atoms with Crippen LogP contribution in [0, 0.1) is 5.92 Å². The minimum absolute atomic E-state index is 0. The van der Waals surface area contributed by atoms with Gasteiger partial charge in [0.25, 0.3) is 0 Å². The van der Waals surface area contributed by atoms with E-state index in [4.69, 9.17) is 14.6 Å². The van der Waals surface area contributed by atoms with Gasteiger partial charge in [-0.2, -0.15) is 0 Å². The molecule has 0 aromatic rings. The zero-order valence-electron chi connectivity index (χ0n) is 11.4. The fourth-order valence-corrected chi connectivity index (χ4v) is 1.42. The van der Waals surface area contributed by atoms with E-state index < -0.39 is 0 Å². The number of hydrogen-bond donors (Lipinski definition) is 1. The molecule has 0 atom stereocenters. The van der Waals surface area contributed by atoms with Gasteiger partial charge >= 0.3 is 0 Å². The first-order chi connectivity index (χ1) is 6.93. The first kappa shape index (κ1) is 3.21. The van der Waals surface area contributed by atoms with Crippen LogP contribution in [0.4, 0.5) is 0 Å². The zero-order valence-corrected chi connectivity index (χ0v) is 5.40. The van der Waals surface area contributed by atoms with Gasteiger partial charge in [-0.15, -0.1) is 0 Å². The highest BCUT2D eigenvalue weighted by Crippen LogP contribution is 2.21. The van der Waals surface area contributed by atoms with E-state index in [1.165, 1.54) is 32.1 Å². The van der Waals surface area contributed by atoms with Gasteiger partial charge < -0.3 is 5.73 Å². The molecule has 1 heteroatoms. The van der Waals surface area contributed by atoms with Crippen molar-refractivity contribution in [3.05, 3.63) is 0 Å². The van der Waals surface area contributed by atoms with Crippen LogP contribution in [0.25, 0.3) is 0 Å². The minimum Gasteiger partial charge on any atom is -0.330 e. The lowest BCUT2D eigenvalue weighted by atomic mass is 9.90. The summed E-state index contributed by atoms with van der Waals surface area (Å²) >= 11 is 0. The first-order valence-electron chi connectivity index (χ1n) is 6.63. The number of nitrogens with two attached hydrogens (primary N) is 1. The molecule has 0 heterocycles. The average molecular weight is 128 g/mol. The summed E-state index contributed by atoms with van der Waals surface area (Å²) in [6, 6.07) is 0. The maximum absolute atomic E-state index is 5.50. The van der Waals surface area contributed by atoms with E-state index >= 15 is 0 Å². The summed E-state index contributed by atoms with van der Waals surface area (Å²) in [5.74, 6) is 0.865. The maximum atomic E-state index is 5.50. The largest absolute Gasteiger partial charge is 0.330 e. The molecule has 1 fully saturated rings. The van der Waals surface area contributed by atoms with Gasteiger partial charge in [0.15, 0.2) is 0 Å². The molecule has 56 valence electrons. The molecule has 0 bridgehead atoms. The second-order valence-electron chi connectivity index (χ2n) is 2.74. The van der Waals surface area contributed by atoms with Gasteiger partial charge in [-0.3, -0.25) is 0 Å². The normalized spacial score (nSPS) is 26.6. The van der Waals surface area contributed by atoms with Crippen molar-refractivity contribution in [3.8, 4) is 0 Å². The number of hydrogen-bond acceptors (Lipinski definition) is 1. The van der Waals surface area contributed by atoms with Crippen LogP contribution in [-0.2, 0) is 0 Å². The van der Waals surface area contributed by atoms with Crippen LogP contribution in [0.3, 0.4) is 0 Å². The maximum Gasteiger partial charge on any atom is 0 e. The smallest absolute Gasteiger partial charge is 0 e. The third-order valence-electron chi connectivity index (χ3n) is 2.06. The summed E-state index contributed by atoms with van der Waals surface area (Å²) in [7, 11) is 0. The molecule has 0 saturated heterocycles. The van der Waals surface area contributed by atoms with Gasteiger partial charge in [0.05, 0.1) is 0 Å². The molecule has 1 nitrogen and oxygen atoms in total. The van der Waals surface area contributed by atoms with Crippen LogP contribution in [0.15, 0.2) is 0 Å². The van der Waals surface area contributed by atoms with E-state index in [0.717, 1.165) is 12.5 Å². The lowest BCUT2D eigenvalue weighted by molar-refractivity contribution is 0.366. The Labute approximate surface area is 62.0 Å². The second-order valence-corrected chi connectivity index (χ2v) is 2.74. The van der Waals surface area contributed by atoms with Crippen LogP contribution in [-0.4, -0.2) is 6.54 Å². The van der Waals surface area contributed by atoms with Crippen molar-refractivity contribution in [1.29, 1.82) is 0 Å². The van der Waals surface area contributed by atoms with E-state index in [0.29, 0.717) is 0 Å². The quantitative estimate of drug-likeness (QED) is 0.577. The van der Waals surface area contributed by atoms with E-state index in [1.54, 1.807) is 0 Å². The lowest BCUT2D eigenvalue weighted by Gasteiger charge is -2.18. The molecular formula is C7H23N. The van der Waals surface area contributed by atoms with Crippen molar-refractivity contribution >= 4 is 0 Å². The summed E-state index contributed by atoms with van der Waals surface area (Å²) in [5.41, 5.74) is 5.50. The Balaban J connectivity index is -0.0000000755. The summed E-state index contributed by atoms with van der Waals surface area (Å²) in [4.78, 5) is 0. The monoisotopic (exact) mass is 128 g/mol. The van der Waals surface area contributed by atoms with Crippen LogP contribution < -0.4 is 5.73 Å². The molecule has 1 aliphatic rings. The molecule has 0 amide bonds. The van der Waals surface area contributed by atoms with Crippen molar-refractivity contribution in [2.45, 2.75) is 32.1 Å². The summed E-state index contributed by atoms with van der Waals surface area (Å²) in [5, 5.41) is 0. The van der Waals surface area contributed by atoms with Crippen LogP contribution in [0.2, 0.25) is 0 Å². The number of rotatable bonds is 1. The Bertz CT molecular complexity index is 70.4. The van der Waals surface area contributed by atoms with E-state index in [9.17, 15) is 0 Å². The molecule has 1 aliphatic carbocycles. The van der Waals surface area contributed by atoms with Crippen molar-refractivity contribution < 1.29 is 10.3 Å². The molecule has 0 aliphatic heterocycles. The molecular weight excluding hydrogens is 98.1 g/mol. The molecule has 1 saturated carbocycles. The Kier molecular flexibility index (Phi) is 1.24. The molecule has 0 aromatic heterocycles. The van der Waals surface area contributed by atoms with Gasteiger partial charge in [-0.1, -0.05) is 19.3 Å². The molecule has 0 radical (unpaired) electrons. The molecule has 0 spiro atoms. The van der Waals surface area contributed by atoms with E-state index in [1.807, 2.05) is 0 Å². The fraction of sp³-hybridized carbons (Fsp3) is 1.00. The summed E-state index contributed by atoms with van der Waals surface area (Å²) < 4.78 is 30.0. The van der Waals surface area contributed by atoms with Crippen LogP contribution in [0.5, 0.6) is 0 Å². The highest BCUT2D eigenvalue weighted by molar-refractivity contribution is 4.65. The van der Waals surface area contributed by atoms with Gasteiger partial charge in [-0.25, -0.2) is 0 Å². The van der Waals surface area contributed by atoms with Crippen molar-refractivity contribution in [3.63, 3.8) is 0 Å². The average Bonchev–Trinajstić information content (AvgIpc) is 2.37. The van der Waals surface area contributed by atoms with Crippen molar-refractivity contribution in [1.82, 2.24) is 0 Å². The van der Waals surface area contributed by atoms with Gasteiger partial charge in [0, 0.05) is 10.3 Å². The lowest BCUT2D eigenvalue weighted by Crippen LogP contribution is -2.16. The minimum atomic E-state index is 0. The standard InChI is InChI=1S/C7H15N.4H2/c8-6-7-4-2-1-3-5-7;;;;/h7H,1-6,8H2;4*1H/i;3*1+1D;1+1. The zero-order chi connectivity index (χ0) is 11.8. The van der Waals surface area contributed by atoms with Gasteiger partial charge in [0.1, 0.15) is 0 Å². The molecule has 0 unspecified atom stereocenters. The second kappa shape index (κ2) is 3.08. The Morgan fingerprint density at radius 2 is 2.00 bits per heavy atom. The highest BCUT2D eigenvalue weighted by atomic mass is 14.5. The highest BCUT2D eigenvalue weighted by Gasteiger charge is 2.09. The van der Waals surface area contributed by atoms with Crippen LogP contribution >= 0.6 is 0 Å². The Morgan fingerprint density at radius 1 is 1.38 bits per heavy atom. The molecule has 8 heavy (non-hydrogen) atoms.